The summed E-state index contributed by atoms with van der Waals surface area (Å²) in [5.74, 6) is -0.264. The Labute approximate surface area is 127 Å². The molecule has 0 bridgehead atoms. The Morgan fingerprint density at radius 2 is 2.00 bits per heavy atom. The van der Waals surface area contributed by atoms with Gasteiger partial charge in [0.15, 0.2) is 0 Å². The minimum Gasteiger partial charge on any atom is -0.405 e. The van der Waals surface area contributed by atoms with Gasteiger partial charge in [0.25, 0.3) is 0 Å². The molecule has 1 heterocycles. The van der Waals surface area contributed by atoms with E-state index in [4.69, 9.17) is 0 Å². The molecule has 0 radical (unpaired) electrons. The molecule has 0 amide bonds. The first-order valence-corrected chi connectivity index (χ1v) is 6.75. The molecule has 0 aliphatic rings. The van der Waals surface area contributed by atoms with Crippen molar-refractivity contribution in [3.8, 4) is 5.75 Å². The van der Waals surface area contributed by atoms with Crippen molar-refractivity contribution in [2.24, 2.45) is 0 Å². The van der Waals surface area contributed by atoms with Crippen molar-refractivity contribution in [2.45, 2.75) is 19.5 Å². The van der Waals surface area contributed by atoms with Crippen molar-refractivity contribution < 1.29 is 17.9 Å². The van der Waals surface area contributed by atoms with Gasteiger partial charge < -0.3 is 10.1 Å². The minimum atomic E-state index is -4.70. The number of alkyl halides is 3. The topological polar surface area (TPSA) is 47.0 Å². The molecule has 0 saturated carbocycles. The summed E-state index contributed by atoms with van der Waals surface area (Å²) in [6.45, 7) is 1.01. The molecule has 8 heteroatoms. The number of nitrogens with one attached hydrogen (secondary N) is 1. The van der Waals surface area contributed by atoms with Crippen LogP contribution in [0.2, 0.25) is 0 Å². The first-order chi connectivity index (χ1) is 9.94. The van der Waals surface area contributed by atoms with Gasteiger partial charge in [-0.15, -0.1) is 13.2 Å². The third kappa shape index (κ3) is 5.31. The van der Waals surface area contributed by atoms with Crippen LogP contribution in [0.15, 0.2) is 41.0 Å². The number of ether oxygens (including phenoxy) is 1. The van der Waals surface area contributed by atoms with Gasteiger partial charge in [-0.2, -0.15) is 10.2 Å². The number of benzene rings is 1. The average Bonchev–Trinajstić information content (AvgIpc) is 2.42. The molecule has 0 spiro atoms. The predicted molar refractivity (Wildman–Crippen MR) is 73.4 cm³/mol. The van der Waals surface area contributed by atoms with Crippen LogP contribution < -0.4 is 10.1 Å². The molecule has 0 fully saturated rings. The van der Waals surface area contributed by atoms with E-state index in [0.29, 0.717) is 13.1 Å². The molecule has 0 atom stereocenters. The fraction of sp³-hybridized carbons (Fsp3) is 0.231. The van der Waals surface area contributed by atoms with Gasteiger partial charge in [0, 0.05) is 19.3 Å². The van der Waals surface area contributed by atoms with Gasteiger partial charge in [-0.25, -0.2) is 0 Å². The molecule has 21 heavy (non-hydrogen) atoms. The highest BCUT2D eigenvalue weighted by Gasteiger charge is 2.31. The highest BCUT2D eigenvalue weighted by Crippen LogP contribution is 2.31. The van der Waals surface area contributed by atoms with Gasteiger partial charge in [0.1, 0.15) is 5.75 Å². The number of rotatable bonds is 5. The van der Waals surface area contributed by atoms with E-state index in [2.05, 4.69) is 36.2 Å². The van der Waals surface area contributed by atoms with E-state index in [-0.39, 0.29) is 10.2 Å². The van der Waals surface area contributed by atoms with Gasteiger partial charge in [0.05, 0.1) is 10.2 Å². The molecular formula is C13H11BrF3N3O. The van der Waals surface area contributed by atoms with Gasteiger partial charge in [-0.3, -0.25) is 0 Å². The summed E-state index contributed by atoms with van der Waals surface area (Å²) in [5.41, 5.74) is 1.61. The van der Waals surface area contributed by atoms with Crippen LogP contribution in [0.5, 0.6) is 5.75 Å². The molecule has 1 aromatic carbocycles. The van der Waals surface area contributed by atoms with Crippen LogP contribution in [0.1, 0.15) is 11.3 Å². The molecule has 1 N–H and O–H groups in total. The molecule has 1 aromatic heterocycles. The summed E-state index contributed by atoms with van der Waals surface area (Å²) in [4.78, 5) is 0. The van der Waals surface area contributed by atoms with Crippen molar-refractivity contribution >= 4 is 15.9 Å². The Morgan fingerprint density at radius 1 is 1.19 bits per heavy atom. The number of aromatic nitrogens is 2. The summed E-state index contributed by atoms with van der Waals surface area (Å²) < 4.78 is 40.6. The van der Waals surface area contributed by atoms with Gasteiger partial charge in [0.2, 0.25) is 0 Å². The lowest BCUT2D eigenvalue weighted by Gasteiger charge is -2.11. The SMILES string of the molecule is FC(F)(F)Oc1ccc(CNCc2cccnn2)cc1Br. The van der Waals surface area contributed by atoms with Crippen LogP contribution in [0.3, 0.4) is 0 Å². The number of hydrogen-bond donors (Lipinski definition) is 1. The Hall–Kier alpha value is -1.67. The molecule has 2 aromatic rings. The lowest BCUT2D eigenvalue weighted by molar-refractivity contribution is -0.274. The van der Waals surface area contributed by atoms with Gasteiger partial charge in [-0.1, -0.05) is 6.07 Å². The average molecular weight is 362 g/mol. The Bertz CT molecular complexity index is 593. The van der Waals surface area contributed by atoms with Crippen LogP contribution in [0.4, 0.5) is 13.2 Å². The third-order valence-corrected chi connectivity index (χ3v) is 3.10. The van der Waals surface area contributed by atoms with Gasteiger partial charge in [-0.05, 0) is 45.8 Å². The predicted octanol–water partition coefficient (Wildman–Crippen LogP) is 3.43. The highest BCUT2D eigenvalue weighted by molar-refractivity contribution is 9.10. The van der Waals surface area contributed by atoms with E-state index in [0.717, 1.165) is 11.3 Å². The second-order valence-corrected chi connectivity index (χ2v) is 4.99. The van der Waals surface area contributed by atoms with Crippen molar-refractivity contribution in [1.29, 1.82) is 0 Å². The normalized spacial score (nSPS) is 11.4. The summed E-state index contributed by atoms with van der Waals surface area (Å²) in [6, 6.07) is 8.03. The van der Waals surface area contributed by atoms with E-state index in [1.165, 1.54) is 6.07 Å². The van der Waals surface area contributed by atoms with Crippen LogP contribution in [-0.2, 0) is 13.1 Å². The maximum atomic E-state index is 12.1. The first kappa shape index (κ1) is 15.7. The third-order valence-electron chi connectivity index (χ3n) is 2.48. The lowest BCUT2D eigenvalue weighted by Crippen LogP contribution is -2.17. The summed E-state index contributed by atoms with van der Waals surface area (Å²) >= 11 is 3.06. The van der Waals surface area contributed by atoms with E-state index in [1.54, 1.807) is 24.4 Å². The summed E-state index contributed by atoms with van der Waals surface area (Å²) in [6.07, 6.45) is -3.12. The molecular weight excluding hydrogens is 351 g/mol. The molecule has 4 nitrogen and oxygen atoms in total. The van der Waals surface area contributed by atoms with E-state index >= 15 is 0 Å². The van der Waals surface area contributed by atoms with E-state index in [9.17, 15) is 13.2 Å². The van der Waals surface area contributed by atoms with Crippen molar-refractivity contribution in [2.75, 3.05) is 0 Å². The zero-order chi connectivity index (χ0) is 15.3. The maximum absolute atomic E-state index is 12.1. The summed E-state index contributed by atoms with van der Waals surface area (Å²) in [7, 11) is 0. The molecule has 112 valence electrons. The largest absolute Gasteiger partial charge is 0.573 e. The monoisotopic (exact) mass is 361 g/mol. The zero-order valence-electron chi connectivity index (χ0n) is 10.7. The molecule has 0 aliphatic heterocycles. The quantitative estimate of drug-likeness (QED) is 0.886. The van der Waals surface area contributed by atoms with E-state index in [1.807, 2.05) is 6.07 Å². The van der Waals surface area contributed by atoms with Crippen molar-refractivity contribution in [1.82, 2.24) is 15.5 Å². The standard InChI is InChI=1S/C13H11BrF3N3O/c14-11-6-9(3-4-12(11)21-13(15,16)17)7-18-8-10-2-1-5-19-20-10/h1-6,18H,7-8H2. The van der Waals surface area contributed by atoms with E-state index < -0.39 is 6.36 Å². The fourth-order valence-electron chi connectivity index (χ4n) is 1.62. The Kier molecular flexibility index (Phi) is 5.13. The van der Waals surface area contributed by atoms with Gasteiger partial charge >= 0.3 is 6.36 Å². The molecule has 0 aliphatic carbocycles. The molecule has 0 unspecified atom stereocenters. The van der Waals surface area contributed by atoms with Crippen LogP contribution in [0, 0.1) is 0 Å². The van der Waals surface area contributed by atoms with Crippen LogP contribution >= 0.6 is 15.9 Å². The fourth-order valence-corrected chi connectivity index (χ4v) is 2.13. The highest BCUT2D eigenvalue weighted by atomic mass is 79.9. The number of nitrogens with zero attached hydrogens (tertiary/aromatic N) is 2. The second kappa shape index (κ2) is 6.86. The van der Waals surface area contributed by atoms with Crippen LogP contribution in [0.25, 0.3) is 0 Å². The number of halogens is 4. The minimum absolute atomic E-state index is 0.249. The molecule has 0 saturated heterocycles. The maximum Gasteiger partial charge on any atom is 0.573 e. The number of hydrogen-bond acceptors (Lipinski definition) is 4. The van der Waals surface area contributed by atoms with Crippen LogP contribution in [-0.4, -0.2) is 16.6 Å². The summed E-state index contributed by atoms with van der Waals surface area (Å²) in [5, 5.41) is 10.8. The lowest BCUT2D eigenvalue weighted by atomic mass is 10.2. The second-order valence-electron chi connectivity index (χ2n) is 4.13. The zero-order valence-corrected chi connectivity index (χ0v) is 12.3. The smallest absolute Gasteiger partial charge is 0.405 e. The Balaban J connectivity index is 1.91. The van der Waals surface area contributed by atoms with Crippen molar-refractivity contribution in [3.05, 3.63) is 52.3 Å². The first-order valence-electron chi connectivity index (χ1n) is 5.95. The molecule has 2 rings (SSSR count). The van der Waals surface area contributed by atoms with Crippen molar-refractivity contribution in [3.63, 3.8) is 0 Å². The Morgan fingerprint density at radius 3 is 2.62 bits per heavy atom.